The zero-order chi connectivity index (χ0) is 34.0. The molecular weight excluding hydrogens is 610 g/mol. The molecule has 1 aromatic carbocycles. The van der Waals surface area contributed by atoms with E-state index in [9.17, 15) is 14.4 Å². The van der Waals surface area contributed by atoms with Gasteiger partial charge in [-0.25, -0.2) is 0 Å². The number of ether oxygens (including phenoxy) is 2. The Bertz CT molecular complexity index is 1740. The van der Waals surface area contributed by atoms with Gasteiger partial charge in [-0.2, -0.15) is 0 Å². The van der Waals surface area contributed by atoms with Gasteiger partial charge in [-0.3, -0.25) is 24.3 Å². The fourth-order valence-corrected chi connectivity index (χ4v) is 5.33. The Hall–Kier alpha value is -5.20. The third kappa shape index (κ3) is 8.78. The molecule has 1 aliphatic rings. The van der Waals surface area contributed by atoms with Gasteiger partial charge >= 0.3 is 0 Å². The second-order valence-corrected chi connectivity index (χ2v) is 11.7. The smallest absolute Gasteiger partial charge is 0.272 e. The van der Waals surface area contributed by atoms with E-state index < -0.39 is 0 Å². The number of aryl methyl sites for hydroxylation is 1. The topological polar surface area (TPSA) is 132 Å². The van der Waals surface area contributed by atoms with E-state index in [1.807, 2.05) is 54.8 Å². The Morgan fingerprint density at radius 3 is 2.33 bits per heavy atom. The third-order valence-electron chi connectivity index (χ3n) is 8.33. The molecule has 252 valence electrons. The molecule has 48 heavy (non-hydrogen) atoms. The lowest BCUT2D eigenvalue weighted by Gasteiger charge is -2.26. The van der Waals surface area contributed by atoms with E-state index in [0.717, 1.165) is 37.4 Å². The lowest BCUT2D eigenvalue weighted by atomic mass is 10.1. The van der Waals surface area contributed by atoms with Gasteiger partial charge in [0.05, 0.1) is 43.0 Å². The molecule has 1 aliphatic heterocycles. The van der Waals surface area contributed by atoms with Crippen LogP contribution in [0, 0.1) is 0 Å². The molecule has 1 saturated heterocycles. The molecular formula is C36H43N7O5. The molecule has 1 fully saturated rings. The van der Waals surface area contributed by atoms with Crippen molar-refractivity contribution >= 4 is 41.2 Å². The van der Waals surface area contributed by atoms with Gasteiger partial charge in [0, 0.05) is 57.9 Å². The summed E-state index contributed by atoms with van der Waals surface area (Å²) in [6.45, 7) is 8.43. The number of pyridine rings is 1. The molecule has 3 N–H and O–H groups in total. The summed E-state index contributed by atoms with van der Waals surface area (Å²) < 4.78 is 14.1. The van der Waals surface area contributed by atoms with Gasteiger partial charge in [-0.15, -0.1) is 0 Å². The van der Waals surface area contributed by atoms with Crippen molar-refractivity contribution in [3.63, 3.8) is 0 Å². The lowest BCUT2D eigenvalue weighted by molar-refractivity contribution is 0.0383. The highest BCUT2D eigenvalue weighted by molar-refractivity contribution is 6.07. The number of methoxy groups -OCH3 is 1. The first-order chi connectivity index (χ1) is 23.2. The molecule has 0 spiro atoms. The van der Waals surface area contributed by atoms with Crippen LogP contribution in [0.3, 0.4) is 0 Å². The number of aromatic nitrogens is 3. The predicted octanol–water partition coefficient (Wildman–Crippen LogP) is 4.94. The van der Waals surface area contributed by atoms with Gasteiger partial charge in [0.2, 0.25) is 0 Å². The van der Waals surface area contributed by atoms with Crippen LogP contribution in [0.4, 0.5) is 11.4 Å². The largest absolute Gasteiger partial charge is 0.497 e. The van der Waals surface area contributed by atoms with Crippen molar-refractivity contribution in [2.75, 3.05) is 57.1 Å². The second-order valence-electron chi connectivity index (χ2n) is 11.7. The summed E-state index contributed by atoms with van der Waals surface area (Å²) >= 11 is 0. The van der Waals surface area contributed by atoms with E-state index in [1.165, 1.54) is 6.20 Å². The first-order valence-corrected chi connectivity index (χ1v) is 16.1. The highest BCUT2D eigenvalue weighted by Gasteiger charge is 2.20. The summed E-state index contributed by atoms with van der Waals surface area (Å²) in [5, 5.41) is 8.78. The molecule has 0 saturated carbocycles. The number of hydrogen-bond donors (Lipinski definition) is 3. The Morgan fingerprint density at radius 2 is 1.65 bits per heavy atom. The van der Waals surface area contributed by atoms with Crippen LogP contribution in [0.15, 0.2) is 67.1 Å². The van der Waals surface area contributed by atoms with Crippen molar-refractivity contribution < 1.29 is 23.9 Å². The minimum Gasteiger partial charge on any atom is -0.497 e. The number of carbonyl (C=O) groups excluding carboxylic acids is 3. The molecule has 0 bridgehead atoms. The Kier molecular flexibility index (Phi) is 11.4. The molecule has 0 radical (unpaired) electrons. The maximum atomic E-state index is 13.5. The molecule has 5 rings (SSSR count). The highest BCUT2D eigenvalue weighted by atomic mass is 16.5. The van der Waals surface area contributed by atoms with Crippen LogP contribution in [0.5, 0.6) is 5.75 Å². The summed E-state index contributed by atoms with van der Waals surface area (Å²) in [7, 11) is 3.39. The van der Waals surface area contributed by atoms with Crippen LogP contribution >= 0.6 is 0 Å². The number of hydrogen-bond acceptors (Lipinski definition) is 7. The van der Waals surface area contributed by atoms with Gasteiger partial charge < -0.3 is 34.6 Å². The molecule has 4 aromatic rings. The number of anilines is 2. The Labute approximate surface area is 280 Å². The summed E-state index contributed by atoms with van der Waals surface area (Å²) in [6.07, 6.45) is 9.57. The maximum Gasteiger partial charge on any atom is 0.272 e. The fourth-order valence-electron chi connectivity index (χ4n) is 5.33. The minimum atomic E-state index is -0.352. The van der Waals surface area contributed by atoms with Crippen molar-refractivity contribution in [2.45, 2.75) is 26.3 Å². The van der Waals surface area contributed by atoms with E-state index in [0.29, 0.717) is 53.8 Å². The molecule has 1 unspecified atom stereocenters. The number of benzene rings is 1. The quantitative estimate of drug-likeness (QED) is 0.186. The molecule has 3 aromatic heterocycles. The molecule has 0 aliphatic carbocycles. The van der Waals surface area contributed by atoms with Crippen LogP contribution in [-0.4, -0.2) is 83.2 Å². The zero-order valence-electron chi connectivity index (χ0n) is 27.9. The first kappa shape index (κ1) is 34.1. The normalized spacial score (nSPS) is 14.1. The third-order valence-corrected chi connectivity index (χ3v) is 8.33. The first-order valence-electron chi connectivity index (χ1n) is 16.1. The summed E-state index contributed by atoms with van der Waals surface area (Å²) in [4.78, 5) is 46.1. The van der Waals surface area contributed by atoms with Gasteiger partial charge in [0.25, 0.3) is 17.7 Å². The zero-order valence-corrected chi connectivity index (χ0v) is 27.9. The molecule has 12 nitrogen and oxygen atoms in total. The van der Waals surface area contributed by atoms with Gasteiger partial charge in [0.1, 0.15) is 17.1 Å². The van der Waals surface area contributed by atoms with Crippen LogP contribution in [-0.2, 0) is 11.8 Å². The number of nitrogens with one attached hydrogen (secondary N) is 3. The van der Waals surface area contributed by atoms with E-state index in [2.05, 4.69) is 25.8 Å². The van der Waals surface area contributed by atoms with Crippen molar-refractivity contribution in [3.05, 3.63) is 95.3 Å². The van der Waals surface area contributed by atoms with Crippen LogP contribution < -0.4 is 20.7 Å². The highest BCUT2D eigenvalue weighted by Crippen LogP contribution is 2.24. The molecule has 12 heteroatoms. The average molecular weight is 654 g/mol. The summed E-state index contributed by atoms with van der Waals surface area (Å²) in [5.74, 6) is -0.117. The fraction of sp³-hybridized carbons (Fsp3) is 0.333. The molecule has 4 heterocycles. The van der Waals surface area contributed by atoms with Gasteiger partial charge in [-0.1, -0.05) is 25.1 Å². The van der Waals surface area contributed by atoms with Crippen molar-refractivity contribution in [1.29, 1.82) is 0 Å². The number of morpholine rings is 1. The van der Waals surface area contributed by atoms with Crippen molar-refractivity contribution in [2.24, 2.45) is 7.05 Å². The number of rotatable bonds is 13. The minimum absolute atomic E-state index is 0.00146. The maximum absolute atomic E-state index is 13.5. The van der Waals surface area contributed by atoms with Gasteiger partial charge in [0.15, 0.2) is 0 Å². The van der Waals surface area contributed by atoms with E-state index in [-0.39, 0.29) is 23.8 Å². The van der Waals surface area contributed by atoms with Crippen molar-refractivity contribution in [3.8, 4) is 5.75 Å². The Balaban J connectivity index is 1.21. The average Bonchev–Trinajstić information content (AvgIpc) is 3.70. The van der Waals surface area contributed by atoms with E-state index in [4.69, 9.17) is 9.47 Å². The monoisotopic (exact) mass is 653 g/mol. The second kappa shape index (κ2) is 16.1. The SMILES string of the molecule is CCC(C)n1cc(NC(=O)c2ccc(/C=C/c3ccc(OC)cc3)nc2)cc1C(=O)Nc1cc(C(=O)NCCN2CCOCC2)n(C)c1. The Morgan fingerprint density at radius 1 is 0.938 bits per heavy atom. The van der Waals surface area contributed by atoms with Crippen LogP contribution in [0.2, 0.25) is 0 Å². The van der Waals surface area contributed by atoms with Crippen LogP contribution in [0.25, 0.3) is 12.2 Å². The lowest BCUT2D eigenvalue weighted by Crippen LogP contribution is -2.41. The molecule has 1 atom stereocenters. The van der Waals surface area contributed by atoms with E-state index >= 15 is 0 Å². The number of amides is 3. The standard InChI is InChI=1S/C36H43N7O5/c1-5-25(2)43-24-30(39-34(44)27-9-11-28(38-22-27)10-6-26-7-12-31(47-4)13-8-26)21-33(43)36(46)40-29-20-32(41(3)23-29)35(45)37-14-15-42-16-18-48-19-17-42/h6-13,20-25H,5,14-19H2,1-4H3,(H,37,45)(H,39,44)(H,40,46)/b10-6+. The van der Waals surface area contributed by atoms with Gasteiger partial charge in [-0.05, 0) is 61.4 Å². The summed E-state index contributed by atoms with van der Waals surface area (Å²) in [5.41, 5.74) is 3.90. The molecule has 3 amide bonds. The van der Waals surface area contributed by atoms with Crippen molar-refractivity contribution in [1.82, 2.24) is 24.3 Å². The van der Waals surface area contributed by atoms with Crippen LogP contribution in [0.1, 0.15) is 68.9 Å². The van der Waals surface area contributed by atoms with E-state index in [1.54, 1.807) is 55.4 Å². The summed E-state index contributed by atoms with van der Waals surface area (Å²) in [6, 6.07) is 14.5. The predicted molar refractivity (Wildman–Crippen MR) is 187 cm³/mol. The number of nitrogens with zero attached hydrogens (tertiary/aromatic N) is 4. The number of carbonyl (C=O) groups is 3.